The molecule has 3 rings (SSSR count). The third kappa shape index (κ3) is 3.40. The lowest BCUT2D eigenvalue weighted by Crippen LogP contribution is -2.47. The number of anilines is 1. The van der Waals surface area contributed by atoms with Gasteiger partial charge in [0.25, 0.3) is 0 Å². The molecule has 1 saturated carbocycles. The number of hydrogen-bond donors (Lipinski definition) is 2. The van der Waals surface area contributed by atoms with Crippen LogP contribution in [0.2, 0.25) is 0 Å². The van der Waals surface area contributed by atoms with Crippen LogP contribution in [0.3, 0.4) is 0 Å². The molecule has 1 aromatic carbocycles. The summed E-state index contributed by atoms with van der Waals surface area (Å²) >= 11 is 0. The highest BCUT2D eigenvalue weighted by Crippen LogP contribution is 2.33. The molecule has 0 bridgehead atoms. The maximum atomic E-state index is 12.7. The van der Waals surface area contributed by atoms with E-state index in [2.05, 4.69) is 10.2 Å². The van der Waals surface area contributed by atoms with Crippen molar-refractivity contribution in [3.8, 4) is 0 Å². The summed E-state index contributed by atoms with van der Waals surface area (Å²) in [5.74, 6) is -0.258. The first kappa shape index (κ1) is 16.4. The first-order valence-electron chi connectivity index (χ1n) is 7.70. The Hall–Kier alpha value is -1.48. The summed E-state index contributed by atoms with van der Waals surface area (Å²) in [4.78, 5) is 14.3. The van der Waals surface area contributed by atoms with Crippen LogP contribution < -0.4 is 11.1 Å². The highest BCUT2D eigenvalue weighted by molar-refractivity contribution is 7.89. The summed E-state index contributed by atoms with van der Waals surface area (Å²) in [7, 11) is -1.57. The Balaban J connectivity index is 1.77. The molecule has 7 nitrogen and oxygen atoms in total. The number of rotatable bonds is 4. The number of benzene rings is 1. The van der Waals surface area contributed by atoms with E-state index in [4.69, 9.17) is 5.73 Å². The predicted octanol–water partition coefficient (Wildman–Crippen LogP) is 0.0525. The molecule has 8 heteroatoms. The summed E-state index contributed by atoms with van der Waals surface area (Å²) in [6.45, 7) is 2.37. The lowest BCUT2D eigenvalue weighted by molar-refractivity contribution is -0.118. The van der Waals surface area contributed by atoms with Crippen LogP contribution in [0.25, 0.3) is 0 Å². The van der Waals surface area contributed by atoms with Gasteiger partial charge in [0.05, 0.1) is 10.4 Å². The van der Waals surface area contributed by atoms with Crippen molar-refractivity contribution in [1.82, 2.24) is 9.21 Å². The number of hydrogen-bond acceptors (Lipinski definition) is 5. The van der Waals surface area contributed by atoms with Gasteiger partial charge in [0.1, 0.15) is 0 Å². The van der Waals surface area contributed by atoms with Crippen LogP contribution in [0.4, 0.5) is 5.69 Å². The summed E-state index contributed by atoms with van der Waals surface area (Å²) in [6, 6.07) is 6.36. The molecule has 2 aliphatic rings. The van der Waals surface area contributed by atoms with E-state index in [1.165, 1.54) is 10.4 Å². The summed E-state index contributed by atoms with van der Waals surface area (Å²) < 4.78 is 26.9. The van der Waals surface area contributed by atoms with Gasteiger partial charge in [-0.15, -0.1) is 0 Å². The van der Waals surface area contributed by atoms with E-state index in [0.717, 1.165) is 0 Å². The fraction of sp³-hybridized carbons (Fsp3) is 0.533. The van der Waals surface area contributed by atoms with Crippen molar-refractivity contribution in [2.24, 2.45) is 5.73 Å². The van der Waals surface area contributed by atoms with Crippen molar-refractivity contribution in [3.05, 3.63) is 24.3 Å². The van der Waals surface area contributed by atoms with E-state index >= 15 is 0 Å². The minimum absolute atomic E-state index is 0.196. The van der Waals surface area contributed by atoms with Crippen LogP contribution in [-0.4, -0.2) is 62.3 Å². The van der Waals surface area contributed by atoms with Crippen LogP contribution in [-0.2, 0) is 14.8 Å². The molecule has 23 heavy (non-hydrogen) atoms. The number of nitrogens with two attached hydrogens (primary N) is 1. The van der Waals surface area contributed by atoms with Crippen molar-refractivity contribution in [3.63, 3.8) is 0 Å². The first-order chi connectivity index (χ1) is 10.8. The molecule has 0 atom stereocenters. The molecular formula is C15H22N4O3S. The van der Waals surface area contributed by atoms with Gasteiger partial charge in [-0.05, 0) is 38.1 Å². The number of sulfonamides is 1. The second kappa shape index (κ2) is 5.86. The molecule has 1 aliphatic heterocycles. The van der Waals surface area contributed by atoms with Gasteiger partial charge in [0, 0.05) is 31.9 Å². The van der Waals surface area contributed by atoms with Gasteiger partial charge < -0.3 is 16.0 Å². The summed E-state index contributed by atoms with van der Waals surface area (Å²) in [5, 5.41) is 2.71. The molecule has 1 aliphatic carbocycles. The van der Waals surface area contributed by atoms with Crippen LogP contribution in [0.15, 0.2) is 29.2 Å². The van der Waals surface area contributed by atoms with Crippen molar-refractivity contribution in [2.45, 2.75) is 23.3 Å². The first-order valence-corrected chi connectivity index (χ1v) is 9.14. The average molecular weight is 338 g/mol. The zero-order chi connectivity index (χ0) is 16.7. The summed E-state index contributed by atoms with van der Waals surface area (Å²) in [6.07, 6.45) is 1.33. The molecule has 0 radical (unpaired) electrons. The monoisotopic (exact) mass is 338 g/mol. The second-order valence-electron chi connectivity index (χ2n) is 6.35. The lowest BCUT2D eigenvalue weighted by Gasteiger charge is -2.31. The Morgan fingerprint density at radius 3 is 2.48 bits per heavy atom. The maximum absolute atomic E-state index is 12.7. The smallest absolute Gasteiger partial charge is 0.244 e. The third-order valence-corrected chi connectivity index (χ3v) is 6.33. The number of amides is 1. The molecule has 2 fully saturated rings. The van der Waals surface area contributed by atoms with Gasteiger partial charge in [-0.2, -0.15) is 4.31 Å². The Labute approximate surface area is 136 Å². The number of carbonyl (C=O) groups is 1. The van der Waals surface area contributed by atoms with Gasteiger partial charge in [-0.3, -0.25) is 4.79 Å². The fourth-order valence-electron chi connectivity index (χ4n) is 2.53. The lowest BCUT2D eigenvalue weighted by atomic mass is 10.2. The van der Waals surface area contributed by atoms with Crippen LogP contribution in [0.1, 0.15) is 12.8 Å². The largest absolute Gasteiger partial charge is 0.324 e. The Bertz CT molecular complexity index is 707. The van der Waals surface area contributed by atoms with Gasteiger partial charge in [-0.25, -0.2) is 8.42 Å². The Kier molecular flexibility index (Phi) is 4.18. The van der Waals surface area contributed by atoms with E-state index in [1.54, 1.807) is 18.2 Å². The van der Waals surface area contributed by atoms with E-state index in [0.29, 0.717) is 44.7 Å². The SMILES string of the molecule is CN1CCN(S(=O)(=O)c2cccc(NC(=O)C3(N)CC3)c2)CC1. The zero-order valence-corrected chi connectivity index (χ0v) is 14.0. The molecule has 1 heterocycles. The number of nitrogens with one attached hydrogen (secondary N) is 1. The van der Waals surface area contributed by atoms with Gasteiger partial charge in [0.2, 0.25) is 15.9 Å². The van der Waals surface area contributed by atoms with E-state index in [-0.39, 0.29) is 10.8 Å². The average Bonchev–Trinajstić information content (AvgIpc) is 3.27. The van der Waals surface area contributed by atoms with E-state index < -0.39 is 15.6 Å². The minimum atomic E-state index is -3.54. The quantitative estimate of drug-likeness (QED) is 0.809. The zero-order valence-electron chi connectivity index (χ0n) is 13.2. The van der Waals surface area contributed by atoms with E-state index in [9.17, 15) is 13.2 Å². The number of piperazine rings is 1. The highest BCUT2D eigenvalue weighted by Gasteiger charge is 2.46. The van der Waals surface area contributed by atoms with E-state index in [1.807, 2.05) is 7.05 Å². The van der Waals surface area contributed by atoms with Crippen LogP contribution in [0.5, 0.6) is 0 Å². The van der Waals surface area contributed by atoms with Gasteiger partial charge >= 0.3 is 0 Å². The number of nitrogens with zero attached hydrogens (tertiary/aromatic N) is 2. The van der Waals surface area contributed by atoms with Gasteiger partial charge in [0.15, 0.2) is 0 Å². The number of likely N-dealkylation sites (N-methyl/N-ethyl adjacent to an activating group) is 1. The predicted molar refractivity (Wildman–Crippen MR) is 87.5 cm³/mol. The van der Waals surface area contributed by atoms with Crippen LogP contribution >= 0.6 is 0 Å². The maximum Gasteiger partial charge on any atom is 0.244 e. The third-order valence-electron chi connectivity index (χ3n) is 4.43. The standard InChI is InChI=1S/C15H22N4O3S/c1-18-7-9-19(10-8-18)23(21,22)13-4-2-3-12(11-13)17-14(20)15(16)5-6-15/h2-4,11H,5-10,16H2,1H3,(H,17,20). The van der Waals surface area contributed by atoms with Gasteiger partial charge in [-0.1, -0.05) is 6.07 Å². The molecule has 126 valence electrons. The van der Waals surface area contributed by atoms with Crippen LogP contribution in [0, 0.1) is 0 Å². The second-order valence-corrected chi connectivity index (χ2v) is 8.28. The Morgan fingerprint density at radius 2 is 1.87 bits per heavy atom. The number of carbonyl (C=O) groups excluding carboxylic acids is 1. The molecule has 0 aromatic heterocycles. The molecule has 0 unspecified atom stereocenters. The molecule has 3 N–H and O–H groups in total. The topological polar surface area (TPSA) is 95.7 Å². The molecule has 1 aromatic rings. The molecular weight excluding hydrogens is 316 g/mol. The highest BCUT2D eigenvalue weighted by atomic mass is 32.2. The molecule has 1 amide bonds. The van der Waals surface area contributed by atoms with Crippen molar-refractivity contribution < 1.29 is 13.2 Å². The fourth-order valence-corrected chi connectivity index (χ4v) is 4.00. The Morgan fingerprint density at radius 1 is 1.22 bits per heavy atom. The summed E-state index contributed by atoms with van der Waals surface area (Å²) in [5.41, 5.74) is 5.52. The normalized spacial score (nSPS) is 21.8. The van der Waals surface area contributed by atoms with Crippen molar-refractivity contribution in [2.75, 3.05) is 38.5 Å². The molecule has 0 spiro atoms. The van der Waals surface area contributed by atoms with Crippen molar-refractivity contribution >= 4 is 21.6 Å². The molecule has 1 saturated heterocycles. The minimum Gasteiger partial charge on any atom is -0.324 e. The van der Waals surface area contributed by atoms with Crippen molar-refractivity contribution in [1.29, 1.82) is 0 Å².